The molecule has 5 aromatic carbocycles. The second kappa shape index (κ2) is 10.9. The summed E-state index contributed by atoms with van der Waals surface area (Å²) in [7, 11) is 0. The maximum absolute atomic E-state index is 2.41. The quantitative estimate of drug-likeness (QED) is 0.226. The van der Waals surface area contributed by atoms with E-state index in [9.17, 15) is 0 Å². The Labute approximate surface area is 230 Å². The highest BCUT2D eigenvalue weighted by molar-refractivity contribution is 6.08. The molecular weight excluding hydrogens is 472 g/mol. The predicted octanol–water partition coefficient (Wildman–Crippen LogP) is 10.2. The Morgan fingerprint density at radius 3 is 1.46 bits per heavy atom. The zero-order valence-electron chi connectivity index (χ0n) is 22.4. The number of nitrogens with zero attached hydrogens (tertiary/aromatic N) is 2. The molecule has 0 bridgehead atoms. The minimum absolute atomic E-state index is 0.491. The summed E-state index contributed by atoms with van der Waals surface area (Å²) < 4.78 is 4.67. The summed E-state index contributed by atoms with van der Waals surface area (Å²) in [6.45, 7) is 4.47. The smallest absolute Gasteiger partial charge is 0.0606 e. The molecule has 0 saturated carbocycles. The first kappa shape index (κ1) is 24.5. The molecule has 190 valence electrons. The van der Waals surface area contributed by atoms with Crippen molar-refractivity contribution in [1.82, 2.24) is 9.13 Å². The van der Waals surface area contributed by atoms with Crippen molar-refractivity contribution in [2.24, 2.45) is 0 Å². The second-order valence-electron chi connectivity index (χ2n) is 10.0. The first-order chi connectivity index (χ1) is 19.2. The lowest BCUT2D eigenvalue weighted by Gasteiger charge is -2.12. The standard InChI is InChI=1S/C22H17N.C15H15N/c1-4-10-18(11-5-1)21-16-17-23(20-14-8-3-9-15-20)22(21)19-12-6-2-7-13-19;1-11(2)16-14-9-5-3-7-12(14)13-8-4-6-10-15(13)16/h1-17H;3-11H,1-2H3. The van der Waals surface area contributed by atoms with Gasteiger partial charge in [-0.2, -0.15) is 0 Å². The van der Waals surface area contributed by atoms with E-state index in [1.165, 1.54) is 49.9 Å². The summed E-state index contributed by atoms with van der Waals surface area (Å²) >= 11 is 0. The summed E-state index contributed by atoms with van der Waals surface area (Å²) in [5.74, 6) is 0. The van der Waals surface area contributed by atoms with E-state index in [4.69, 9.17) is 0 Å². The highest BCUT2D eigenvalue weighted by atomic mass is 15.0. The van der Waals surface area contributed by atoms with Crippen LogP contribution in [0.5, 0.6) is 0 Å². The zero-order chi connectivity index (χ0) is 26.6. The molecule has 2 aromatic heterocycles. The van der Waals surface area contributed by atoms with E-state index in [-0.39, 0.29) is 0 Å². The van der Waals surface area contributed by atoms with Crippen LogP contribution in [0.25, 0.3) is 49.9 Å². The molecule has 2 heterocycles. The fourth-order valence-electron chi connectivity index (χ4n) is 5.49. The van der Waals surface area contributed by atoms with Crippen LogP contribution < -0.4 is 0 Å². The molecule has 0 fully saturated rings. The number of rotatable bonds is 4. The number of para-hydroxylation sites is 3. The third-order valence-corrected chi connectivity index (χ3v) is 7.19. The average Bonchev–Trinajstić information content (AvgIpc) is 3.59. The van der Waals surface area contributed by atoms with E-state index in [2.05, 4.69) is 169 Å². The van der Waals surface area contributed by atoms with Gasteiger partial charge in [0.25, 0.3) is 0 Å². The van der Waals surface area contributed by atoms with Gasteiger partial charge in [-0.3, -0.25) is 0 Å². The van der Waals surface area contributed by atoms with Crippen molar-refractivity contribution < 1.29 is 0 Å². The number of hydrogen-bond acceptors (Lipinski definition) is 0. The van der Waals surface area contributed by atoms with Gasteiger partial charge in [-0.25, -0.2) is 0 Å². The van der Waals surface area contributed by atoms with Gasteiger partial charge < -0.3 is 9.13 Å². The molecule has 0 atom stereocenters. The molecule has 0 amide bonds. The van der Waals surface area contributed by atoms with Gasteiger partial charge >= 0.3 is 0 Å². The van der Waals surface area contributed by atoms with E-state index in [0.717, 1.165) is 0 Å². The van der Waals surface area contributed by atoms with Crippen LogP contribution in [0.2, 0.25) is 0 Å². The van der Waals surface area contributed by atoms with E-state index in [0.29, 0.717) is 6.04 Å². The maximum Gasteiger partial charge on any atom is 0.0606 e. The Balaban J connectivity index is 0.000000151. The van der Waals surface area contributed by atoms with Crippen LogP contribution in [0.15, 0.2) is 152 Å². The molecular formula is C37H32N2. The Bertz CT molecular complexity index is 1700. The Hall–Kier alpha value is -4.82. The Morgan fingerprint density at radius 2 is 0.923 bits per heavy atom. The van der Waals surface area contributed by atoms with Crippen molar-refractivity contribution in [3.05, 3.63) is 152 Å². The molecule has 39 heavy (non-hydrogen) atoms. The number of benzene rings is 5. The van der Waals surface area contributed by atoms with Crippen LogP contribution in [0.4, 0.5) is 0 Å². The third-order valence-electron chi connectivity index (χ3n) is 7.19. The van der Waals surface area contributed by atoms with Crippen molar-refractivity contribution in [2.45, 2.75) is 19.9 Å². The van der Waals surface area contributed by atoms with E-state index < -0.39 is 0 Å². The van der Waals surface area contributed by atoms with Crippen molar-refractivity contribution in [3.8, 4) is 28.1 Å². The van der Waals surface area contributed by atoms with Crippen molar-refractivity contribution in [1.29, 1.82) is 0 Å². The van der Waals surface area contributed by atoms with Gasteiger partial charge in [0.15, 0.2) is 0 Å². The largest absolute Gasteiger partial charge is 0.338 e. The molecule has 2 heteroatoms. The van der Waals surface area contributed by atoms with Gasteiger partial charge in [0.1, 0.15) is 0 Å². The Morgan fingerprint density at radius 1 is 0.462 bits per heavy atom. The van der Waals surface area contributed by atoms with Crippen molar-refractivity contribution >= 4 is 21.8 Å². The molecule has 0 unspecified atom stereocenters. The van der Waals surface area contributed by atoms with E-state index >= 15 is 0 Å². The average molecular weight is 505 g/mol. The molecule has 0 spiro atoms. The molecule has 2 nitrogen and oxygen atoms in total. The lowest BCUT2D eigenvalue weighted by atomic mass is 10.0. The van der Waals surface area contributed by atoms with Crippen LogP contribution in [0.3, 0.4) is 0 Å². The van der Waals surface area contributed by atoms with Crippen LogP contribution in [-0.2, 0) is 0 Å². The lowest BCUT2D eigenvalue weighted by molar-refractivity contribution is 0.642. The molecule has 0 aliphatic heterocycles. The Kier molecular flexibility index (Phi) is 6.84. The van der Waals surface area contributed by atoms with Gasteiger partial charge in [-0.05, 0) is 55.3 Å². The van der Waals surface area contributed by atoms with Gasteiger partial charge in [-0.15, -0.1) is 0 Å². The second-order valence-corrected chi connectivity index (χ2v) is 10.0. The van der Waals surface area contributed by atoms with Crippen molar-refractivity contribution in [2.75, 3.05) is 0 Å². The van der Waals surface area contributed by atoms with Crippen LogP contribution in [0.1, 0.15) is 19.9 Å². The normalized spacial score (nSPS) is 11.1. The topological polar surface area (TPSA) is 9.86 Å². The number of aromatic nitrogens is 2. The summed E-state index contributed by atoms with van der Waals surface area (Å²) in [6, 6.07) is 51.6. The molecule has 7 aromatic rings. The molecule has 0 aliphatic carbocycles. The fourth-order valence-corrected chi connectivity index (χ4v) is 5.49. The molecule has 0 N–H and O–H groups in total. The summed E-state index contributed by atoms with van der Waals surface area (Å²) in [5, 5.41) is 2.71. The first-order valence-corrected chi connectivity index (χ1v) is 13.6. The number of hydrogen-bond donors (Lipinski definition) is 0. The fraction of sp³-hybridized carbons (Fsp3) is 0.0811. The van der Waals surface area contributed by atoms with Crippen molar-refractivity contribution in [3.63, 3.8) is 0 Å². The van der Waals surface area contributed by atoms with Crippen LogP contribution in [-0.4, -0.2) is 9.13 Å². The van der Waals surface area contributed by atoms with Gasteiger partial charge in [0, 0.05) is 45.3 Å². The zero-order valence-corrected chi connectivity index (χ0v) is 22.4. The van der Waals surface area contributed by atoms with Crippen LogP contribution >= 0.6 is 0 Å². The summed E-state index contributed by atoms with van der Waals surface area (Å²) in [6.07, 6.45) is 2.15. The SMILES string of the molecule is CC(C)n1c2ccccc2c2ccccc21.c1ccc(-c2ccn(-c3ccccc3)c2-c2ccccc2)cc1. The monoisotopic (exact) mass is 504 g/mol. The highest BCUT2D eigenvalue weighted by Gasteiger charge is 2.14. The number of fused-ring (bicyclic) bond motifs is 3. The minimum Gasteiger partial charge on any atom is -0.338 e. The minimum atomic E-state index is 0.491. The molecule has 0 aliphatic rings. The molecule has 0 radical (unpaired) electrons. The first-order valence-electron chi connectivity index (χ1n) is 13.6. The van der Waals surface area contributed by atoms with Gasteiger partial charge in [0.2, 0.25) is 0 Å². The highest BCUT2D eigenvalue weighted by Crippen LogP contribution is 2.35. The lowest BCUT2D eigenvalue weighted by Crippen LogP contribution is -1.99. The van der Waals surface area contributed by atoms with E-state index in [1.807, 2.05) is 6.07 Å². The van der Waals surface area contributed by atoms with E-state index in [1.54, 1.807) is 0 Å². The maximum atomic E-state index is 2.41. The van der Waals surface area contributed by atoms with Gasteiger partial charge in [0.05, 0.1) is 5.69 Å². The van der Waals surface area contributed by atoms with Gasteiger partial charge in [-0.1, -0.05) is 115 Å². The van der Waals surface area contributed by atoms with Crippen LogP contribution in [0, 0.1) is 0 Å². The molecule has 7 rings (SSSR count). The predicted molar refractivity (Wildman–Crippen MR) is 166 cm³/mol. The molecule has 0 saturated heterocycles. The third kappa shape index (κ3) is 4.78. The summed E-state index contributed by atoms with van der Waals surface area (Å²) in [5.41, 5.74) is 8.77. The summed E-state index contributed by atoms with van der Waals surface area (Å²) in [4.78, 5) is 0.